The quantitative estimate of drug-likeness (QED) is 0.00277. The first-order valence-corrected chi connectivity index (χ1v) is 54.2. The molecule has 0 bridgehead atoms. The van der Waals surface area contributed by atoms with Crippen LogP contribution < -0.4 is 19.1 Å². The van der Waals surface area contributed by atoms with Gasteiger partial charge in [0.15, 0.2) is 34.5 Å². The SMILES string of the molecule is CC1(C)Oc2c(cccc2C(=O)O)S1.CC1(C)Oc2ccccc2S1.CCCCBr.CCCCSc1cccc(C=O)c1B1OC(C)(C)C(C)(C)O1.CCCCSc1cccc(C=O)c1O.CCCCSc1cccc(C=O)c1OS(=O)(=O)C(F)(F)F.O=C(O)c1cccc(S)c1O.O=Cc1cccc(S)c1O.O=S(=O)(OS(=O)(=O)C(F)(F)F)C(F)(F)F.OCc1cccc(S)c1O.[B]C1CCCO1.[O]=[Mn]=[O]. The standard InChI is InChI=1S/C17H25BO3S.C12H13F3O4S2.C11H14O2S.C10H10O3S.C9H10OS.C7H6O3S.C7H8O2S.C7H6O2S.C4H7BO.C4H9Br.C2F6O5S2.Mn.2O/c1-6-7-11-22-14-10-8-9-13(12-19)15(14)18-20-16(2,3)17(4,5)21-18;1-2-3-7-20-10-6-4-5-9(8-16)11(10)19-21(17,18)12(13,14)15;1-2-3-7-14-10-6-4-5-9(8-12)11(10)13;1-10(2)13-8-6(9(11)12)4-3-5-7(8)14-10;1-9(2)10-7-5-3-4-6-8(7)11-9;8-6-4(7(9)10)2-1-3-5(6)11;2*8-4-5-2-1-3-6(10)7(5)9;5-4-2-1-3-6-4;1-2-3-4-5;3-1(4,5)14(9,10)13-15(11,12)2(6,7)8;;;/h8-10,12H,6-7,11H2,1-5H3;4-6,8H,2-3,7H2,1H3;4-6,8,13H,2-3,7H2,1H3;3-5H,1-2H3,(H,11,12);3-6H,1-2H3;1-3,8,11H,(H,9,10);1-3,8-10H,4H2;1-4,9-10H;4H,1-3H2;2-4H2,1H3;;;;. The summed E-state index contributed by atoms with van der Waals surface area (Å²) in [6.07, 6.45) is 13.4. The molecule has 1 unspecified atom stereocenters. The molecule has 4 aliphatic heterocycles. The summed E-state index contributed by atoms with van der Waals surface area (Å²) in [5.41, 5.74) is -16.3. The number of carbonyl (C=O) groups is 6. The Balaban J connectivity index is 0.000000793. The van der Waals surface area contributed by atoms with Crippen LogP contribution in [0.15, 0.2) is 191 Å². The second-order valence-corrected chi connectivity index (χ2v) is 44.5. The summed E-state index contributed by atoms with van der Waals surface area (Å²) in [5.74, 6) is 1.25. The maximum absolute atomic E-state index is 12.4. The molecule has 12 rings (SSSR count). The van der Waals surface area contributed by atoms with Crippen molar-refractivity contribution in [1.29, 1.82) is 0 Å². The number of ether oxygens (including phenoxy) is 3. The number of carboxylic acids is 2. The van der Waals surface area contributed by atoms with Crippen LogP contribution in [0.5, 0.6) is 40.2 Å². The van der Waals surface area contributed by atoms with Gasteiger partial charge in [0.2, 0.25) is 0 Å². The number of aromatic carboxylic acids is 2. The number of rotatable bonds is 26. The molecule has 785 valence electrons. The van der Waals surface area contributed by atoms with Crippen molar-refractivity contribution in [1.82, 2.24) is 0 Å². The first-order valence-electron chi connectivity index (χ1n) is 41.9. The van der Waals surface area contributed by atoms with Crippen LogP contribution in [0, 0.1) is 0 Å². The molecule has 8 aromatic rings. The molecule has 2 saturated heterocycles. The van der Waals surface area contributed by atoms with E-state index in [0.29, 0.717) is 50.6 Å². The number of halogens is 10. The number of aliphatic hydroxyl groups is 1. The summed E-state index contributed by atoms with van der Waals surface area (Å²) in [5, 5.41) is 64.2. The topological polar surface area (TPSA) is 445 Å². The van der Waals surface area contributed by atoms with Gasteiger partial charge in [0.05, 0.1) is 49.2 Å². The van der Waals surface area contributed by atoms with Gasteiger partial charge < -0.3 is 63.4 Å². The number of carbonyl (C=O) groups excluding carboxylic acids is 4. The Bertz CT molecular complexity index is 5680. The summed E-state index contributed by atoms with van der Waals surface area (Å²) < 4.78 is 219. The van der Waals surface area contributed by atoms with Gasteiger partial charge in [0.25, 0.3) is 0 Å². The number of fused-ring (bicyclic) bond motifs is 2. The van der Waals surface area contributed by atoms with E-state index in [-0.39, 0.29) is 83.8 Å². The molecule has 52 heteroatoms. The number of hydrogen-bond donors (Lipinski definition) is 10. The van der Waals surface area contributed by atoms with E-state index in [1.807, 2.05) is 101 Å². The molecular weight excluding hydrogens is 2210 g/mol. The second kappa shape index (κ2) is 63.9. The number of alkyl halides is 10. The summed E-state index contributed by atoms with van der Waals surface area (Å²) in [6.45, 7) is 25.3. The van der Waals surface area contributed by atoms with E-state index in [1.165, 1.54) is 72.0 Å². The molecule has 28 nitrogen and oxygen atoms in total. The molecule has 4 aliphatic rings. The van der Waals surface area contributed by atoms with Crippen LogP contribution in [0.25, 0.3) is 0 Å². The fourth-order valence-electron chi connectivity index (χ4n) is 10.3. The summed E-state index contributed by atoms with van der Waals surface area (Å²) in [4.78, 5) is 69.3. The molecule has 2 radical (unpaired) electrons. The van der Waals surface area contributed by atoms with Gasteiger partial charge in [-0.3, -0.25) is 19.2 Å². The Kier molecular flexibility index (Phi) is 59.7. The number of carboxylic acid groups (broad SMARTS) is 2. The first kappa shape index (κ1) is 133. The van der Waals surface area contributed by atoms with Gasteiger partial charge in [0, 0.05) is 59.0 Å². The van der Waals surface area contributed by atoms with E-state index in [9.17, 15) is 98.6 Å². The van der Waals surface area contributed by atoms with Crippen LogP contribution in [0.4, 0.5) is 39.5 Å². The number of aromatic hydroxyl groups is 4. The van der Waals surface area contributed by atoms with E-state index in [1.54, 1.807) is 89.9 Å². The van der Waals surface area contributed by atoms with Crippen LogP contribution in [0.3, 0.4) is 0 Å². The molecule has 0 aliphatic carbocycles. The summed E-state index contributed by atoms with van der Waals surface area (Å²) in [7, 11) is -14.7. The van der Waals surface area contributed by atoms with E-state index < -0.39 is 97.7 Å². The van der Waals surface area contributed by atoms with Crippen molar-refractivity contribution in [3.8, 4) is 40.2 Å². The first-order chi connectivity index (χ1) is 66.1. The fraction of sp³-hybridized carbons (Fsp3) is 0.400. The molecule has 7 N–H and O–H groups in total. The number of hydrogen-bond acceptors (Lipinski definition) is 34. The minimum atomic E-state index is -6.85. The van der Waals surface area contributed by atoms with Crippen LogP contribution in [-0.2, 0) is 77.1 Å². The Morgan fingerprint density at radius 3 is 1.31 bits per heavy atom. The zero-order chi connectivity index (χ0) is 109. The van der Waals surface area contributed by atoms with E-state index in [2.05, 4.69) is 98.7 Å². The van der Waals surface area contributed by atoms with Crippen molar-refractivity contribution in [2.45, 2.75) is 237 Å². The molecule has 0 saturated carbocycles. The molecule has 0 aromatic heterocycles. The van der Waals surface area contributed by atoms with Gasteiger partial charge in [-0.05, 0) is 196 Å². The van der Waals surface area contributed by atoms with Gasteiger partial charge in [0.1, 0.15) is 59.8 Å². The number of phenols is 4. The number of phenolic OH excluding ortho intramolecular Hbond substituents is 2. The number of para-hydroxylation sites is 7. The van der Waals surface area contributed by atoms with Crippen molar-refractivity contribution in [2.75, 3.05) is 29.2 Å². The maximum atomic E-state index is 12.4. The monoisotopic (exact) mass is 2320 g/mol. The number of benzene rings is 8. The van der Waals surface area contributed by atoms with Crippen molar-refractivity contribution in [2.24, 2.45) is 0 Å². The van der Waals surface area contributed by atoms with Crippen LogP contribution in [0.2, 0.25) is 0 Å². The van der Waals surface area contributed by atoms with Crippen LogP contribution >= 0.6 is 113 Å². The zero-order valence-corrected chi connectivity index (χ0v) is 90.2. The van der Waals surface area contributed by atoms with Gasteiger partial charge in [-0.15, -0.1) is 76.8 Å². The second-order valence-electron chi connectivity index (χ2n) is 30.5. The predicted molar refractivity (Wildman–Crippen MR) is 537 cm³/mol. The number of aldehydes is 4. The third kappa shape index (κ3) is 45.5. The van der Waals surface area contributed by atoms with Gasteiger partial charge in [-0.25, -0.2) is 9.59 Å². The number of thiol groups is 3. The fourth-order valence-corrected chi connectivity index (χ4v) is 19.1. The predicted octanol–water partition coefficient (Wildman–Crippen LogP) is 22.9. The van der Waals surface area contributed by atoms with Crippen molar-refractivity contribution < 1.29 is 183 Å². The molecule has 2 fully saturated rings. The van der Waals surface area contributed by atoms with Crippen molar-refractivity contribution in [3.05, 3.63) is 191 Å². The zero-order valence-electron chi connectivity index (χ0n) is 78.3. The average Bonchev–Trinajstić information content (AvgIpc) is 1.64. The number of thioether (sulfide) groups is 5. The van der Waals surface area contributed by atoms with Crippen molar-refractivity contribution >= 4 is 200 Å². The minimum absolute atomic E-state index is 0.0463. The average molecular weight is 2320 g/mol. The Hall–Kier alpha value is -7.47. The third-order valence-electron chi connectivity index (χ3n) is 18.1. The third-order valence-corrected chi connectivity index (χ3v) is 28.9. The Labute approximate surface area is 873 Å². The Morgan fingerprint density at radius 2 is 0.901 bits per heavy atom. The summed E-state index contributed by atoms with van der Waals surface area (Å²) in [6, 6.07) is 42.7. The number of unbranched alkanes of at least 4 members (excludes halogenated alkanes) is 4. The normalized spacial score (nSPS) is 14.5. The number of aliphatic hydroxyl groups excluding tert-OH is 1. The Morgan fingerprint density at radius 1 is 0.514 bits per heavy atom. The summed E-state index contributed by atoms with van der Waals surface area (Å²) >= 11 is 21.4. The van der Waals surface area contributed by atoms with Gasteiger partial charge >= 0.3 is 88.4 Å². The van der Waals surface area contributed by atoms with E-state index in [0.717, 1.165) is 119 Å². The molecule has 8 aromatic carbocycles. The van der Waals surface area contributed by atoms with Crippen LogP contribution in [-0.4, -0.2) is 186 Å². The van der Waals surface area contributed by atoms with Gasteiger partial charge in [-0.2, -0.15) is 64.8 Å². The molecule has 1 atom stereocenters. The molecule has 0 spiro atoms. The van der Waals surface area contributed by atoms with E-state index in [4.69, 9.17) is 69.7 Å². The van der Waals surface area contributed by atoms with Crippen molar-refractivity contribution in [3.63, 3.8) is 0 Å². The molecule has 0 amide bonds. The molecule has 142 heavy (non-hydrogen) atoms. The van der Waals surface area contributed by atoms with Gasteiger partial charge in [-0.1, -0.05) is 160 Å². The molecular formula is C90H108B2BrF9MnO28S11. The van der Waals surface area contributed by atoms with Crippen LogP contribution in [0.1, 0.15) is 215 Å². The molecule has 4 heterocycles. The van der Waals surface area contributed by atoms with E-state index >= 15 is 0 Å².